The largest absolute Gasteiger partial charge is 0.485 e. The SMILES string of the molecule is Cc1ccc(Br)cc1OCC(=O)c1ccccc1. The predicted octanol–water partition coefficient (Wildman–Crippen LogP) is 4.02. The molecule has 0 spiro atoms. The molecule has 92 valence electrons. The molecule has 3 heteroatoms. The van der Waals surface area contributed by atoms with Crippen molar-refractivity contribution in [2.75, 3.05) is 6.61 Å². The summed E-state index contributed by atoms with van der Waals surface area (Å²) in [6.07, 6.45) is 0. The van der Waals surface area contributed by atoms with E-state index >= 15 is 0 Å². The molecule has 0 fully saturated rings. The number of aryl methyl sites for hydroxylation is 1. The van der Waals surface area contributed by atoms with Gasteiger partial charge in [-0.2, -0.15) is 0 Å². The van der Waals surface area contributed by atoms with Gasteiger partial charge in [0, 0.05) is 10.0 Å². The van der Waals surface area contributed by atoms with Crippen molar-refractivity contribution in [1.29, 1.82) is 0 Å². The highest BCUT2D eigenvalue weighted by atomic mass is 79.9. The van der Waals surface area contributed by atoms with E-state index in [0.29, 0.717) is 5.56 Å². The van der Waals surface area contributed by atoms with Gasteiger partial charge < -0.3 is 4.74 Å². The average molecular weight is 305 g/mol. The molecule has 0 aliphatic carbocycles. The molecule has 0 saturated carbocycles. The summed E-state index contributed by atoms with van der Waals surface area (Å²) < 4.78 is 6.49. The second-order valence-electron chi connectivity index (χ2n) is 3.99. The highest BCUT2D eigenvalue weighted by Gasteiger charge is 2.07. The summed E-state index contributed by atoms with van der Waals surface area (Å²) in [6, 6.07) is 14.9. The van der Waals surface area contributed by atoms with Gasteiger partial charge >= 0.3 is 0 Å². The van der Waals surface area contributed by atoms with Crippen LogP contribution in [0.25, 0.3) is 0 Å². The number of rotatable bonds is 4. The van der Waals surface area contributed by atoms with Crippen LogP contribution in [-0.2, 0) is 0 Å². The Kier molecular flexibility index (Phi) is 4.15. The second kappa shape index (κ2) is 5.83. The normalized spacial score (nSPS) is 10.1. The van der Waals surface area contributed by atoms with Gasteiger partial charge in [-0.05, 0) is 24.6 Å². The smallest absolute Gasteiger partial charge is 0.200 e. The van der Waals surface area contributed by atoms with Crippen molar-refractivity contribution < 1.29 is 9.53 Å². The van der Waals surface area contributed by atoms with E-state index in [2.05, 4.69) is 15.9 Å². The third kappa shape index (κ3) is 3.20. The van der Waals surface area contributed by atoms with E-state index in [9.17, 15) is 4.79 Å². The van der Waals surface area contributed by atoms with Crippen LogP contribution in [0, 0.1) is 6.92 Å². The van der Waals surface area contributed by atoms with Crippen LogP contribution in [0.2, 0.25) is 0 Å². The lowest BCUT2D eigenvalue weighted by atomic mass is 10.1. The third-order valence-electron chi connectivity index (χ3n) is 2.60. The molecule has 0 aliphatic heterocycles. The Morgan fingerprint density at radius 1 is 1.17 bits per heavy atom. The van der Waals surface area contributed by atoms with E-state index in [-0.39, 0.29) is 12.4 Å². The molecule has 2 rings (SSSR count). The lowest BCUT2D eigenvalue weighted by molar-refractivity contribution is 0.0921. The number of carbonyl (C=O) groups is 1. The topological polar surface area (TPSA) is 26.3 Å². The number of halogens is 1. The zero-order chi connectivity index (χ0) is 13.0. The van der Waals surface area contributed by atoms with Gasteiger partial charge in [-0.25, -0.2) is 0 Å². The molecule has 2 aromatic carbocycles. The average Bonchev–Trinajstić information content (AvgIpc) is 2.40. The quantitative estimate of drug-likeness (QED) is 0.798. The molecular formula is C15H13BrO2. The Bertz CT molecular complexity index is 550. The van der Waals surface area contributed by atoms with Gasteiger partial charge in [0.25, 0.3) is 0 Å². The van der Waals surface area contributed by atoms with Gasteiger partial charge in [-0.1, -0.05) is 52.3 Å². The Labute approximate surface area is 115 Å². The molecule has 0 saturated heterocycles. The number of hydrogen-bond acceptors (Lipinski definition) is 2. The fraction of sp³-hybridized carbons (Fsp3) is 0.133. The van der Waals surface area contributed by atoms with E-state index in [1.807, 2.05) is 43.3 Å². The summed E-state index contributed by atoms with van der Waals surface area (Å²) in [5.41, 5.74) is 1.68. The van der Waals surface area contributed by atoms with Crippen molar-refractivity contribution in [3.63, 3.8) is 0 Å². The Morgan fingerprint density at radius 3 is 2.61 bits per heavy atom. The minimum absolute atomic E-state index is 0.0185. The second-order valence-corrected chi connectivity index (χ2v) is 4.90. The molecule has 0 radical (unpaired) electrons. The van der Waals surface area contributed by atoms with Gasteiger partial charge in [0.1, 0.15) is 5.75 Å². The van der Waals surface area contributed by atoms with Crippen molar-refractivity contribution in [1.82, 2.24) is 0 Å². The fourth-order valence-corrected chi connectivity index (χ4v) is 1.92. The molecule has 0 bridgehead atoms. The summed E-state index contributed by atoms with van der Waals surface area (Å²) >= 11 is 3.38. The maximum Gasteiger partial charge on any atom is 0.200 e. The van der Waals surface area contributed by atoms with Gasteiger partial charge in [0.2, 0.25) is 0 Å². The molecule has 2 nitrogen and oxygen atoms in total. The molecule has 0 amide bonds. The van der Waals surface area contributed by atoms with Gasteiger partial charge in [-0.15, -0.1) is 0 Å². The summed E-state index contributed by atoms with van der Waals surface area (Å²) in [6.45, 7) is 2.01. The number of ether oxygens (including phenoxy) is 1. The monoisotopic (exact) mass is 304 g/mol. The maximum atomic E-state index is 11.9. The summed E-state index contributed by atoms with van der Waals surface area (Å²) in [5, 5.41) is 0. The van der Waals surface area contributed by atoms with Crippen LogP contribution in [0.3, 0.4) is 0 Å². The lowest BCUT2D eigenvalue weighted by Crippen LogP contribution is -2.11. The van der Waals surface area contributed by atoms with E-state index in [4.69, 9.17) is 4.74 Å². The molecule has 2 aromatic rings. The number of benzene rings is 2. The number of carbonyl (C=O) groups excluding carboxylic acids is 1. The zero-order valence-corrected chi connectivity index (χ0v) is 11.6. The minimum Gasteiger partial charge on any atom is -0.485 e. The summed E-state index contributed by atoms with van der Waals surface area (Å²) in [5.74, 6) is 0.712. The first-order chi connectivity index (χ1) is 8.66. The van der Waals surface area contributed by atoms with Gasteiger partial charge in [-0.3, -0.25) is 4.79 Å². The fourth-order valence-electron chi connectivity index (χ4n) is 1.58. The third-order valence-corrected chi connectivity index (χ3v) is 3.10. The van der Waals surface area contributed by atoms with Crippen LogP contribution in [0.15, 0.2) is 53.0 Å². The standard InChI is InChI=1S/C15H13BrO2/c1-11-7-8-13(16)9-15(11)18-10-14(17)12-5-3-2-4-6-12/h2-9H,10H2,1H3. The highest BCUT2D eigenvalue weighted by Crippen LogP contribution is 2.23. The molecule has 0 aliphatic rings. The minimum atomic E-state index is -0.0185. The lowest BCUT2D eigenvalue weighted by Gasteiger charge is -2.08. The number of hydrogen-bond donors (Lipinski definition) is 0. The van der Waals surface area contributed by atoms with E-state index in [1.54, 1.807) is 12.1 Å². The maximum absolute atomic E-state index is 11.9. The number of ketones is 1. The molecular weight excluding hydrogens is 292 g/mol. The molecule has 0 atom stereocenters. The van der Waals surface area contributed by atoms with Crippen LogP contribution >= 0.6 is 15.9 Å². The molecule has 18 heavy (non-hydrogen) atoms. The first kappa shape index (κ1) is 12.8. The van der Waals surface area contributed by atoms with Crippen LogP contribution in [0.4, 0.5) is 0 Å². The predicted molar refractivity (Wildman–Crippen MR) is 75.1 cm³/mol. The molecule has 0 unspecified atom stereocenters. The van der Waals surface area contributed by atoms with Gasteiger partial charge in [0.05, 0.1) is 0 Å². The van der Waals surface area contributed by atoms with E-state index in [1.165, 1.54) is 0 Å². The van der Waals surface area contributed by atoms with Crippen LogP contribution < -0.4 is 4.74 Å². The van der Waals surface area contributed by atoms with E-state index in [0.717, 1.165) is 15.8 Å². The van der Waals surface area contributed by atoms with Crippen molar-refractivity contribution in [3.8, 4) is 5.75 Å². The highest BCUT2D eigenvalue weighted by molar-refractivity contribution is 9.10. The summed E-state index contributed by atoms with van der Waals surface area (Å²) in [7, 11) is 0. The van der Waals surface area contributed by atoms with Crippen LogP contribution in [0.5, 0.6) is 5.75 Å². The van der Waals surface area contributed by atoms with Crippen molar-refractivity contribution in [3.05, 3.63) is 64.1 Å². The summed E-state index contributed by atoms with van der Waals surface area (Å²) in [4.78, 5) is 11.9. The van der Waals surface area contributed by atoms with Crippen molar-refractivity contribution in [2.45, 2.75) is 6.92 Å². The molecule has 0 aromatic heterocycles. The van der Waals surface area contributed by atoms with Crippen molar-refractivity contribution >= 4 is 21.7 Å². The van der Waals surface area contributed by atoms with Gasteiger partial charge in [0.15, 0.2) is 12.4 Å². The first-order valence-electron chi connectivity index (χ1n) is 5.64. The Morgan fingerprint density at radius 2 is 1.89 bits per heavy atom. The van der Waals surface area contributed by atoms with Crippen molar-refractivity contribution in [2.24, 2.45) is 0 Å². The zero-order valence-electron chi connectivity index (χ0n) is 10.0. The van der Waals surface area contributed by atoms with Crippen LogP contribution in [0.1, 0.15) is 15.9 Å². The Balaban J connectivity index is 2.04. The molecule has 0 heterocycles. The first-order valence-corrected chi connectivity index (χ1v) is 6.43. The Hall–Kier alpha value is -1.61. The molecule has 0 N–H and O–H groups in total. The van der Waals surface area contributed by atoms with Crippen LogP contribution in [-0.4, -0.2) is 12.4 Å². The van der Waals surface area contributed by atoms with E-state index < -0.39 is 0 Å². The number of Topliss-reactive ketones (excluding diaryl/α,β-unsaturated/α-hetero) is 1.